The van der Waals surface area contributed by atoms with Crippen LogP contribution in [0.25, 0.3) is 0 Å². The summed E-state index contributed by atoms with van der Waals surface area (Å²) in [5.74, 6) is 1.67. The first-order valence-corrected chi connectivity index (χ1v) is 6.86. The molecule has 0 aromatic heterocycles. The lowest BCUT2D eigenvalue weighted by atomic mass is 10.0. The van der Waals surface area contributed by atoms with E-state index < -0.39 is 0 Å². The van der Waals surface area contributed by atoms with Gasteiger partial charge in [0.1, 0.15) is 11.5 Å². The summed E-state index contributed by atoms with van der Waals surface area (Å²) in [6.07, 6.45) is 0.369. The molecule has 1 aromatic carbocycles. The highest BCUT2D eigenvalue weighted by molar-refractivity contribution is 5.80. The van der Waals surface area contributed by atoms with Crippen LogP contribution >= 0.6 is 0 Å². The maximum absolute atomic E-state index is 12.3. The molecule has 20 heavy (non-hydrogen) atoms. The van der Waals surface area contributed by atoms with Gasteiger partial charge in [-0.25, -0.2) is 0 Å². The third kappa shape index (κ3) is 3.04. The zero-order chi connectivity index (χ0) is 14.5. The number of carbonyl (C=O) groups is 1. The van der Waals surface area contributed by atoms with Gasteiger partial charge >= 0.3 is 0 Å². The molecule has 0 aliphatic carbocycles. The zero-order valence-electron chi connectivity index (χ0n) is 12.4. The van der Waals surface area contributed by atoms with Crippen molar-refractivity contribution in [2.75, 3.05) is 40.4 Å². The van der Waals surface area contributed by atoms with E-state index >= 15 is 0 Å². The van der Waals surface area contributed by atoms with Gasteiger partial charge in [0.25, 0.3) is 0 Å². The van der Waals surface area contributed by atoms with Crippen LogP contribution in [-0.2, 0) is 11.2 Å². The Labute approximate surface area is 119 Å². The van der Waals surface area contributed by atoms with E-state index in [4.69, 9.17) is 9.47 Å². The van der Waals surface area contributed by atoms with Crippen LogP contribution in [0.15, 0.2) is 12.1 Å². The Morgan fingerprint density at radius 3 is 2.55 bits per heavy atom. The molecular weight excluding hydrogens is 256 g/mol. The molecular formula is C15H22N2O3. The van der Waals surface area contributed by atoms with Gasteiger partial charge in [0.2, 0.25) is 5.91 Å². The van der Waals surface area contributed by atoms with E-state index in [0.717, 1.165) is 48.8 Å². The SMILES string of the molecule is COc1ccc(CC(=O)N2CCNCC2)c(OC)c1C. The van der Waals surface area contributed by atoms with Crippen molar-refractivity contribution in [1.29, 1.82) is 0 Å². The van der Waals surface area contributed by atoms with Crippen molar-refractivity contribution in [1.82, 2.24) is 10.2 Å². The van der Waals surface area contributed by atoms with Gasteiger partial charge in [-0.2, -0.15) is 0 Å². The smallest absolute Gasteiger partial charge is 0.227 e. The van der Waals surface area contributed by atoms with Crippen LogP contribution in [0.4, 0.5) is 0 Å². The quantitative estimate of drug-likeness (QED) is 0.892. The molecule has 1 aliphatic heterocycles. The third-order valence-electron chi connectivity index (χ3n) is 3.67. The molecule has 0 bridgehead atoms. The van der Waals surface area contributed by atoms with E-state index in [2.05, 4.69) is 5.32 Å². The molecule has 1 fully saturated rings. The number of nitrogens with one attached hydrogen (secondary N) is 1. The lowest BCUT2D eigenvalue weighted by molar-refractivity contribution is -0.131. The number of hydrogen-bond donors (Lipinski definition) is 1. The molecule has 0 unspecified atom stereocenters. The Hall–Kier alpha value is -1.75. The second-order valence-corrected chi connectivity index (χ2v) is 4.89. The number of amides is 1. The average molecular weight is 278 g/mol. The van der Waals surface area contributed by atoms with Crippen molar-refractivity contribution < 1.29 is 14.3 Å². The summed E-state index contributed by atoms with van der Waals surface area (Å²) in [6, 6.07) is 3.79. The second-order valence-electron chi connectivity index (χ2n) is 4.89. The maximum Gasteiger partial charge on any atom is 0.227 e. The molecule has 1 heterocycles. The summed E-state index contributed by atoms with van der Waals surface area (Å²) in [4.78, 5) is 14.2. The first-order chi connectivity index (χ1) is 9.67. The summed E-state index contributed by atoms with van der Waals surface area (Å²) in [5, 5.41) is 3.25. The minimum absolute atomic E-state index is 0.148. The Morgan fingerprint density at radius 1 is 1.25 bits per heavy atom. The summed E-state index contributed by atoms with van der Waals surface area (Å²) in [5.41, 5.74) is 1.84. The Balaban J connectivity index is 2.16. The van der Waals surface area contributed by atoms with Crippen LogP contribution < -0.4 is 14.8 Å². The van der Waals surface area contributed by atoms with Gasteiger partial charge in [-0.05, 0) is 13.0 Å². The van der Waals surface area contributed by atoms with E-state index in [0.29, 0.717) is 6.42 Å². The summed E-state index contributed by atoms with van der Waals surface area (Å²) >= 11 is 0. The van der Waals surface area contributed by atoms with Gasteiger partial charge in [-0.3, -0.25) is 4.79 Å². The zero-order valence-corrected chi connectivity index (χ0v) is 12.4. The monoisotopic (exact) mass is 278 g/mol. The first kappa shape index (κ1) is 14.7. The minimum atomic E-state index is 0.148. The summed E-state index contributed by atoms with van der Waals surface area (Å²) < 4.78 is 10.7. The minimum Gasteiger partial charge on any atom is -0.496 e. The largest absolute Gasteiger partial charge is 0.496 e. The van der Waals surface area contributed by atoms with Crippen LogP contribution in [0.5, 0.6) is 11.5 Å². The molecule has 0 spiro atoms. The Bertz CT molecular complexity index is 482. The summed E-state index contributed by atoms with van der Waals surface area (Å²) in [6.45, 7) is 5.22. The van der Waals surface area contributed by atoms with Crippen molar-refractivity contribution in [2.45, 2.75) is 13.3 Å². The fourth-order valence-electron chi connectivity index (χ4n) is 2.56. The highest BCUT2D eigenvalue weighted by Gasteiger charge is 2.19. The van der Waals surface area contributed by atoms with Gasteiger partial charge in [-0.15, -0.1) is 0 Å². The lowest BCUT2D eigenvalue weighted by Gasteiger charge is -2.27. The van der Waals surface area contributed by atoms with Gasteiger partial charge in [-0.1, -0.05) is 6.07 Å². The number of methoxy groups -OCH3 is 2. The van der Waals surface area contributed by atoms with E-state index in [-0.39, 0.29) is 5.91 Å². The maximum atomic E-state index is 12.3. The predicted octanol–water partition coefficient (Wildman–Crippen LogP) is 0.987. The number of nitrogens with zero attached hydrogens (tertiary/aromatic N) is 1. The van der Waals surface area contributed by atoms with Crippen molar-refractivity contribution in [3.05, 3.63) is 23.3 Å². The van der Waals surface area contributed by atoms with E-state index in [9.17, 15) is 4.79 Å². The Morgan fingerprint density at radius 2 is 1.95 bits per heavy atom. The lowest BCUT2D eigenvalue weighted by Crippen LogP contribution is -2.46. The summed E-state index contributed by atoms with van der Waals surface area (Å²) in [7, 11) is 3.26. The predicted molar refractivity (Wildman–Crippen MR) is 77.4 cm³/mol. The molecule has 110 valence electrons. The highest BCUT2D eigenvalue weighted by Crippen LogP contribution is 2.31. The average Bonchev–Trinajstić information content (AvgIpc) is 2.48. The van der Waals surface area contributed by atoms with Crippen molar-refractivity contribution >= 4 is 5.91 Å². The standard InChI is InChI=1S/C15H22N2O3/c1-11-13(19-2)5-4-12(15(11)20-3)10-14(18)17-8-6-16-7-9-17/h4-5,16H,6-10H2,1-3H3. The number of carbonyl (C=O) groups excluding carboxylic acids is 1. The molecule has 0 radical (unpaired) electrons. The molecule has 0 saturated carbocycles. The van der Waals surface area contributed by atoms with Gasteiger partial charge < -0.3 is 19.7 Å². The van der Waals surface area contributed by atoms with Crippen LogP contribution in [0.3, 0.4) is 0 Å². The molecule has 1 N–H and O–H groups in total. The second kappa shape index (κ2) is 6.61. The van der Waals surface area contributed by atoms with E-state index in [1.165, 1.54) is 0 Å². The van der Waals surface area contributed by atoms with Crippen molar-refractivity contribution in [3.8, 4) is 11.5 Å². The molecule has 2 rings (SSSR count). The van der Waals surface area contributed by atoms with E-state index in [1.807, 2.05) is 24.0 Å². The molecule has 1 aliphatic rings. The van der Waals surface area contributed by atoms with Gasteiger partial charge in [0.15, 0.2) is 0 Å². The highest BCUT2D eigenvalue weighted by atomic mass is 16.5. The number of benzene rings is 1. The molecule has 1 amide bonds. The normalized spacial score (nSPS) is 15.1. The fourth-order valence-corrected chi connectivity index (χ4v) is 2.56. The number of ether oxygens (including phenoxy) is 2. The number of piperazine rings is 1. The topological polar surface area (TPSA) is 50.8 Å². The van der Waals surface area contributed by atoms with Crippen LogP contribution in [-0.4, -0.2) is 51.2 Å². The van der Waals surface area contributed by atoms with Gasteiger partial charge in [0.05, 0.1) is 20.6 Å². The molecule has 5 nitrogen and oxygen atoms in total. The Kier molecular flexibility index (Phi) is 4.84. The van der Waals surface area contributed by atoms with Crippen LogP contribution in [0.1, 0.15) is 11.1 Å². The molecule has 5 heteroatoms. The first-order valence-electron chi connectivity index (χ1n) is 6.86. The van der Waals surface area contributed by atoms with Crippen LogP contribution in [0, 0.1) is 6.92 Å². The number of hydrogen-bond acceptors (Lipinski definition) is 4. The van der Waals surface area contributed by atoms with Crippen molar-refractivity contribution in [3.63, 3.8) is 0 Å². The fraction of sp³-hybridized carbons (Fsp3) is 0.533. The molecule has 1 aromatic rings. The third-order valence-corrected chi connectivity index (χ3v) is 3.67. The van der Waals surface area contributed by atoms with E-state index in [1.54, 1.807) is 14.2 Å². The number of rotatable bonds is 4. The molecule has 1 saturated heterocycles. The molecule has 0 atom stereocenters. The van der Waals surface area contributed by atoms with Gasteiger partial charge in [0, 0.05) is 37.3 Å². The van der Waals surface area contributed by atoms with Crippen LogP contribution in [0.2, 0.25) is 0 Å². The van der Waals surface area contributed by atoms with Crippen molar-refractivity contribution in [2.24, 2.45) is 0 Å².